The van der Waals surface area contributed by atoms with Crippen LogP contribution < -0.4 is 5.32 Å². The maximum absolute atomic E-state index is 11.2. The fourth-order valence-corrected chi connectivity index (χ4v) is 0.776. The largest absolute Gasteiger partial charge is 0.444 e. The average Bonchev–Trinajstić information content (AvgIpc) is 2.02. The van der Waals surface area contributed by atoms with Gasteiger partial charge in [0.05, 0.1) is 0 Å². The number of hydrogen-bond donors (Lipinski definition) is 1. The number of amides is 1. The monoisotopic (exact) mass is 195 g/mol. The van der Waals surface area contributed by atoms with Crippen LogP contribution in [0.2, 0.25) is 0 Å². The van der Waals surface area contributed by atoms with Gasteiger partial charge >= 0.3 is 6.09 Å². The van der Waals surface area contributed by atoms with Crippen molar-refractivity contribution in [2.45, 2.75) is 26.4 Å². The molecule has 0 atom stereocenters. The summed E-state index contributed by atoms with van der Waals surface area (Å²) in [7, 11) is 0. The quantitative estimate of drug-likeness (QED) is 0.742. The molecule has 5 nitrogen and oxygen atoms in total. The summed E-state index contributed by atoms with van der Waals surface area (Å²) in [5.74, 6) is 0.377. The van der Waals surface area contributed by atoms with Crippen LogP contribution in [0.3, 0.4) is 0 Å². The van der Waals surface area contributed by atoms with Gasteiger partial charge in [-0.1, -0.05) is 0 Å². The summed E-state index contributed by atoms with van der Waals surface area (Å²) < 4.78 is 5.02. The van der Waals surface area contributed by atoms with Crippen molar-refractivity contribution >= 4 is 11.9 Å². The van der Waals surface area contributed by atoms with Gasteiger partial charge < -0.3 is 4.74 Å². The van der Waals surface area contributed by atoms with E-state index in [1.807, 2.05) is 0 Å². The summed E-state index contributed by atoms with van der Waals surface area (Å²) in [6, 6.07) is 3.32. The summed E-state index contributed by atoms with van der Waals surface area (Å²) >= 11 is 0. The number of ether oxygens (including phenoxy) is 1. The Kier molecular flexibility index (Phi) is 3.01. The zero-order valence-corrected chi connectivity index (χ0v) is 8.44. The number of aromatic nitrogens is 2. The number of nitrogens with zero attached hydrogens (tertiary/aromatic N) is 2. The molecule has 5 heteroatoms. The first kappa shape index (κ1) is 10.4. The minimum absolute atomic E-state index is 0.377. The van der Waals surface area contributed by atoms with Crippen molar-refractivity contribution in [3.05, 3.63) is 18.3 Å². The molecule has 0 saturated carbocycles. The number of carbonyl (C=O) groups is 1. The molecule has 14 heavy (non-hydrogen) atoms. The van der Waals surface area contributed by atoms with Crippen LogP contribution in [0.5, 0.6) is 0 Å². The van der Waals surface area contributed by atoms with Gasteiger partial charge in [0.15, 0.2) is 5.82 Å². The Morgan fingerprint density at radius 2 is 2.21 bits per heavy atom. The Hall–Kier alpha value is -1.65. The second kappa shape index (κ2) is 4.04. The highest BCUT2D eigenvalue weighted by Crippen LogP contribution is 2.08. The van der Waals surface area contributed by atoms with E-state index in [0.29, 0.717) is 5.82 Å². The van der Waals surface area contributed by atoms with E-state index in [-0.39, 0.29) is 0 Å². The molecular weight excluding hydrogens is 182 g/mol. The summed E-state index contributed by atoms with van der Waals surface area (Å²) in [4.78, 5) is 11.2. The van der Waals surface area contributed by atoms with E-state index in [1.165, 1.54) is 6.20 Å². The van der Waals surface area contributed by atoms with Gasteiger partial charge in [0.2, 0.25) is 0 Å². The maximum atomic E-state index is 11.2. The lowest BCUT2D eigenvalue weighted by molar-refractivity contribution is 0.0635. The van der Waals surface area contributed by atoms with Gasteiger partial charge in [-0.2, -0.15) is 5.10 Å². The van der Waals surface area contributed by atoms with Gasteiger partial charge in [0.1, 0.15) is 5.60 Å². The molecule has 1 aromatic heterocycles. The Balaban J connectivity index is 2.50. The molecule has 0 unspecified atom stereocenters. The standard InChI is InChI=1S/C9H13N3O2/c1-9(2,3)14-8(13)11-7-5-4-6-10-12-7/h4-6H,1-3H3,(H,11,12,13). The summed E-state index contributed by atoms with van der Waals surface area (Å²) in [5, 5.41) is 9.76. The van der Waals surface area contributed by atoms with E-state index in [0.717, 1.165) is 0 Å². The van der Waals surface area contributed by atoms with Gasteiger partial charge in [0.25, 0.3) is 0 Å². The van der Waals surface area contributed by atoms with Gasteiger partial charge in [-0.25, -0.2) is 4.79 Å². The highest BCUT2D eigenvalue weighted by molar-refractivity contribution is 5.83. The van der Waals surface area contributed by atoms with Crippen LogP contribution >= 0.6 is 0 Å². The van der Waals surface area contributed by atoms with Gasteiger partial charge in [-0.15, -0.1) is 5.10 Å². The molecule has 0 radical (unpaired) electrons. The van der Waals surface area contributed by atoms with Crippen molar-refractivity contribution in [3.8, 4) is 0 Å². The molecule has 0 fully saturated rings. The molecule has 0 aliphatic carbocycles. The Morgan fingerprint density at radius 1 is 1.50 bits per heavy atom. The van der Waals surface area contributed by atoms with Crippen LogP contribution in [0.15, 0.2) is 18.3 Å². The predicted molar refractivity (Wildman–Crippen MR) is 51.9 cm³/mol. The third-order valence-corrected chi connectivity index (χ3v) is 1.20. The Bertz CT molecular complexity index is 306. The van der Waals surface area contributed by atoms with E-state index < -0.39 is 11.7 Å². The minimum atomic E-state index is -0.530. The molecule has 76 valence electrons. The van der Waals surface area contributed by atoms with Crippen molar-refractivity contribution in [3.63, 3.8) is 0 Å². The molecule has 0 aromatic carbocycles. The first-order chi connectivity index (χ1) is 6.47. The van der Waals surface area contributed by atoms with Crippen molar-refractivity contribution in [2.24, 2.45) is 0 Å². The fourth-order valence-electron chi connectivity index (χ4n) is 0.776. The van der Waals surface area contributed by atoms with E-state index in [4.69, 9.17) is 4.74 Å². The second-order valence-electron chi connectivity index (χ2n) is 3.74. The van der Waals surface area contributed by atoms with Crippen molar-refractivity contribution < 1.29 is 9.53 Å². The molecule has 1 amide bonds. The molecular formula is C9H13N3O2. The van der Waals surface area contributed by atoms with E-state index >= 15 is 0 Å². The van der Waals surface area contributed by atoms with E-state index in [9.17, 15) is 4.79 Å². The average molecular weight is 195 g/mol. The second-order valence-corrected chi connectivity index (χ2v) is 3.74. The molecule has 0 aliphatic rings. The smallest absolute Gasteiger partial charge is 0.413 e. The highest BCUT2D eigenvalue weighted by Gasteiger charge is 2.16. The first-order valence-corrected chi connectivity index (χ1v) is 4.25. The molecule has 0 saturated heterocycles. The SMILES string of the molecule is CC(C)(C)OC(=O)Nc1cccnn1. The first-order valence-electron chi connectivity index (χ1n) is 4.25. The molecule has 1 aromatic rings. The fraction of sp³-hybridized carbons (Fsp3) is 0.444. The zero-order chi connectivity index (χ0) is 10.6. The summed E-state index contributed by atoms with van der Waals surface area (Å²) in [5.41, 5.74) is -0.508. The number of carbonyl (C=O) groups excluding carboxylic acids is 1. The number of anilines is 1. The van der Waals surface area contributed by atoms with Crippen LogP contribution in [0.1, 0.15) is 20.8 Å². The molecule has 0 bridgehead atoms. The van der Waals surface area contributed by atoms with Crippen LogP contribution in [0.4, 0.5) is 10.6 Å². The molecule has 1 N–H and O–H groups in total. The Morgan fingerprint density at radius 3 is 2.71 bits per heavy atom. The number of rotatable bonds is 1. The minimum Gasteiger partial charge on any atom is -0.444 e. The van der Waals surface area contributed by atoms with E-state index in [1.54, 1.807) is 32.9 Å². The lowest BCUT2D eigenvalue weighted by atomic mass is 10.2. The number of nitrogens with one attached hydrogen (secondary N) is 1. The van der Waals surface area contributed by atoms with Crippen molar-refractivity contribution in [2.75, 3.05) is 5.32 Å². The molecule has 1 heterocycles. The molecule has 1 rings (SSSR count). The predicted octanol–water partition coefficient (Wildman–Crippen LogP) is 1.82. The lowest BCUT2D eigenvalue weighted by Crippen LogP contribution is -2.27. The van der Waals surface area contributed by atoms with Gasteiger partial charge in [-0.05, 0) is 32.9 Å². The topological polar surface area (TPSA) is 64.1 Å². The summed E-state index contributed by atoms with van der Waals surface area (Å²) in [6.07, 6.45) is 0.998. The maximum Gasteiger partial charge on any atom is 0.413 e. The van der Waals surface area contributed by atoms with Crippen molar-refractivity contribution in [1.29, 1.82) is 0 Å². The highest BCUT2D eigenvalue weighted by atomic mass is 16.6. The number of hydrogen-bond acceptors (Lipinski definition) is 4. The lowest BCUT2D eigenvalue weighted by Gasteiger charge is -2.19. The van der Waals surface area contributed by atoms with Gasteiger partial charge in [-0.3, -0.25) is 5.32 Å². The van der Waals surface area contributed by atoms with Crippen LogP contribution in [-0.4, -0.2) is 21.9 Å². The van der Waals surface area contributed by atoms with Gasteiger partial charge in [0, 0.05) is 6.20 Å². The molecule has 0 spiro atoms. The normalized spacial score (nSPS) is 10.8. The van der Waals surface area contributed by atoms with Crippen LogP contribution in [0, 0.1) is 0 Å². The summed E-state index contributed by atoms with van der Waals surface area (Å²) in [6.45, 7) is 5.38. The van der Waals surface area contributed by atoms with Crippen LogP contribution in [-0.2, 0) is 4.74 Å². The van der Waals surface area contributed by atoms with Crippen molar-refractivity contribution in [1.82, 2.24) is 10.2 Å². The Labute approximate surface area is 82.5 Å². The van der Waals surface area contributed by atoms with E-state index in [2.05, 4.69) is 15.5 Å². The molecule has 0 aliphatic heterocycles. The third kappa shape index (κ3) is 3.84. The third-order valence-electron chi connectivity index (χ3n) is 1.20. The zero-order valence-electron chi connectivity index (χ0n) is 8.44. The van der Waals surface area contributed by atoms with Crippen LogP contribution in [0.25, 0.3) is 0 Å².